The van der Waals surface area contributed by atoms with Crippen LogP contribution in [-0.4, -0.2) is 22.7 Å². The van der Waals surface area contributed by atoms with Crippen LogP contribution in [-0.2, 0) is 4.79 Å². The van der Waals surface area contributed by atoms with Gasteiger partial charge in [-0.25, -0.2) is 0 Å². The van der Waals surface area contributed by atoms with Crippen molar-refractivity contribution in [3.05, 3.63) is 67.6 Å². The number of rotatable bonds is 4. The van der Waals surface area contributed by atoms with Crippen molar-refractivity contribution in [2.24, 2.45) is 0 Å². The highest BCUT2D eigenvalue weighted by Crippen LogP contribution is 2.32. The monoisotopic (exact) mass is 470 g/mol. The van der Waals surface area contributed by atoms with Gasteiger partial charge in [-0.05, 0) is 70.3 Å². The third-order valence-corrected chi connectivity index (χ3v) is 5.44. The van der Waals surface area contributed by atoms with Gasteiger partial charge in [-0.2, -0.15) is 0 Å². The van der Waals surface area contributed by atoms with E-state index in [0.717, 1.165) is 26.6 Å². The molecule has 1 saturated heterocycles. The van der Waals surface area contributed by atoms with Crippen molar-refractivity contribution < 1.29 is 9.59 Å². The van der Waals surface area contributed by atoms with Crippen molar-refractivity contribution >= 4 is 68.9 Å². The second kappa shape index (κ2) is 7.58. The average Bonchev–Trinajstić information content (AvgIpc) is 2.83. The smallest absolute Gasteiger partial charge is 0.295 e. The van der Waals surface area contributed by atoms with E-state index in [1.807, 2.05) is 24.3 Å². The Morgan fingerprint density at radius 3 is 2.54 bits per heavy atom. The predicted octanol–water partition coefficient (Wildman–Crippen LogP) is 5.05. The molecule has 1 fully saturated rings. The Morgan fingerprint density at radius 1 is 1.12 bits per heavy atom. The molecule has 0 aliphatic carbocycles. The Kier molecular flexibility index (Phi) is 5.47. The molecule has 1 aliphatic rings. The minimum absolute atomic E-state index is 0.142. The maximum atomic E-state index is 12.4. The van der Waals surface area contributed by atoms with Gasteiger partial charge >= 0.3 is 0 Å². The first-order chi connectivity index (χ1) is 11.5. The zero-order valence-electron chi connectivity index (χ0n) is 12.3. The van der Waals surface area contributed by atoms with Gasteiger partial charge in [-0.15, -0.1) is 0 Å². The largest absolute Gasteiger partial charge is 0.366 e. The molecule has 0 aromatic heterocycles. The second-order valence-electron chi connectivity index (χ2n) is 4.98. The molecule has 0 saturated carbocycles. The maximum absolute atomic E-state index is 12.4. The molecule has 0 atom stereocenters. The van der Waals surface area contributed by atoms with E-state index in [1.165, 1.54) is 4.90 Å². The molecular weight excluding hydrogens is 459 g/mol. The third kappa shape index (κ3) is 3.93. The number of halogens is 2. The van der Waals surface area contributed by atoms with Gasteiger partial charge in [0.2, 0.25) is 0 Å². The number of hydrogen-bond donors (Lipinski definition) is 1. The Balaban J connectivity index is 1.72. The van der Waals surface area contributed by atoms with E-state index in [9.17, 15) is 9.59 Å². The molecule has 0 spiro atoms. The fourth-order valence-corrected chi connectivity index (χ4v) is 3.66. The molecule has 2 aromatic rings. The first-order valence-electron chi connectivity index (χ1n) is 7.04. The summed E-state index contributed by atoms with van der Waals surface area (Å²) >= 11 is 9.00. The van der Waals surface area contributed by atoms with Gasteiger partial charge < -0.3 is 5.32 Å². The molecule has 3 rings (SSSR count). The van der Waals surface area contributed by atoms with Crippen LogP contribution in [0.4, 0.5) is 10.5 Å². The van der Waals surface area contributed by atoms with Gasteiger partial charge in [0.25, 0.3) is 11.1 Å². The van der Waals surface area contributed by atoms with Crippen molar-refractivity contribution in [2.45, 2.75) is 0 Å². The number of thioether (sulfide) groups is 1. The SMILES string of the molecule is O=C1S/C(=C/c2ccc(Cl)cc2)C(=O)N1CNc1ccccc1I. The van der Waals surface area contributed by atoms with Crippen LogP contribution in [0, 0.1) is 3.57 Å². The molecule has 0 radical (unpaired) electrons. The van der Waals surface area contributed by atoms with Crippen LogP contribution >= 0.6 is 46.0 Å². The summed E-state index contributed by atoms with van der Waals surface area (Å²) in [6.07, 6.45) is 1.70. The average molecular weight is 471 g/mol. The van der Waals surface area contributed by atoms with Gasteiger partial charge in [0.05, 0.1) is 11.6 Å². The Bertz CT molecular complexity index is 824. The molecule has 2 aromatic carbocycles. The molecule has 1 heterocycles. The summed E-state index contributed by atoms with van der Waals surface area (Å²) in [5, 5.41) is 3.47. The number of para-hydroxylation sites is 1. The van der Waals surface area contributed by atoms with Crippen LogP contribution in [0.3, 0.4) is 0 Å². The zero-order valence-corrected chi connectivity index (χ0v) is 16.1. The summed E-state index contributed by atoms with van der Waals surface area (Å²) in [5.41, 5.74) is 1.72. The topological polar surface area (TPSA) is 49.4 Å². The van der Waals surface area contributed by atoms with E-state index in [2.05, 4.69) is 27.9 Å². The van der Waals surface area contributed by atoms with Gasteiger partial charge in [-0.3, -0.25) is 14.5 Å². The van der Waals surface area contributed by atoms with Gasteiger partial charge in [0, 0.05) is 14.3 Å². The van der Waals surface area contributed by atoms with Crippen molar-refractivity contribution in [1.29, 1.82) is 0 Å². The quantitative estimate of drug-likeness (QED) is 0.502. The molecule has 4 nitrogen and oxygen atoms in total. The van der Waals surface area contributed by atoms with Crippen molar-refractivity contribution in [2.75, 3.05) is 12.0 Å². The Hall–Kier alpha value is -1.51. The number of benzene rings is 2. The number of imide groups is 1. The van der Waals surface area contributed by atoms with E-state index in [-0.39, 0.29) is 17.8 Å². The lowest BCUT2D eigenvalue weighted by atomic mass is 10.2. The minimum atomic E-state index is -0.293. The number of hydrogen-bond acceptors (Lipinski definition) is 4. The number of carbonyl (C=O) groups excluding carboxylic acids is 2. The normalized spacial score (nSPS) is 16.1. The second-order valence-corrected chi connectivity index (χ2v) is 7.57. The fraction of sp³-hybridized carbons (Fsp3) is 0.0588. The van der Waals surface area contributed by atoms with Crippen LogP contribution in [0.2, 0.25) is 5.02 Å². The number of carbonyl (C=O) groups is 2. The lowest BCUT2D eigenvalue weighted by Crippen LogP contribution is -2.33. The van der Waals surface area contributed by atoms with Crippen LogP contribution in [0.1, 0.15) is 5.56 Å². The van der Waals surface area contributed by atoms with Gasteiger partial charge in [-0.1, -0.05) is 35.9 Å². The first kappa shape index (κ1) is 17.3. The lowest BCUT2D eigenvalue weighted by Gasteiger charge is -2.15. The Morgan fingerprint density at radius 2 is 1.83 bits per heavy atom. The van der Waals surface area contributed by atoms with Crippen LogP contribution in [0.25, 0.3) is 6.08 Å². The molecule has 7 heteroatoms. The molecule has 0 bridgehead atoms. The molecule has 122 valence electrons. The van der Waals surface area contributed by atoms with E-state index in [0.29, 0.717) is 9.93 Å². The fourth-order valence-electron chi connectivity index (χ4n) is 2.12. The molecule has 24 heavy (non-hydrogen) atoms. The first-order valence-corrected chi connectivity index (χ1v) is 9.31. The lowest BCUT2D eigenvalue weighted by molar-refractivity contribution is -0.122. The standard InChI is InChI=1S/C17H12ClIN2O2S/c18-12-7-5-11(6-8-12)9-15-16(22)21(17(23)24-15)10-20-14-4-2-1-3-13(14)19/h1-9,20H,10H2/b15-9+. The van der Waals surface area contributed by atoms with E-state index in [4.69, 9.17) is 11.6 Å². The molecule has 2 amide bonds. The predicted molar refractivity (Wildman–Crippen MR) is 107 cm³/mol. The minimum Gasteiger partial charge on any atom is -0.366 e. The molecule has 1 N–H and O–H groups in total. The van der Waals surface area contributed by atoms with Crippen LogP contribution in [0.5, 0.6) is 0 Å². The van der Waals surface area contributed by atoms with E-state index in [1.54, 1.807) is 30.3 Å². The number of amides is 2. The maximum Gasteiger partial charge on any atom is 0.295 e. The molecular formula is C17H12ClIN2O2S. The van der Waals surface area contributed by atoms with Gasteiger partial charge in [0.1, 0.15) is 0 Å². The van der Waals surface area contributed by atoms with Crippen LogP contribution in [0.15, 0.2) is 53.4 Å². The van der Waals surface area contributed by atoms with E-state index < -0.39 is 0 Å². The number of anilines is 1. The molecule has 0 unspecified atom stereocenters. The number of nitrogens with zero attached hydrogens (tertiary/aromatic N) is 1. The summed E-state index contributed by atoms with van der Waals surface area (Å²) < 4.78 is 1.03. The highest BCUT2D eigenvalue weighted by atomic mass is 127. The van der Waals surface area contributed by atoms with Gasteiger partial charge in [0.15, 0.2) is 0 Å². The Labute approximate surface area is 162 Å². The molecule has 1 aliphatic heterocycles. The highest BCUT2D eigenvalue weighted by Gasteiger charge is 2.34. The zero-order chi connectivity index (χ0) is 17.1. The van der Waals surface area contributed by atoms with Crippen molar-refractivity contribution in [3.8, 4) is 0 Å². The van der Waals surface area contributed by atoms with Crippen LogP contribution < -0.4 is 5.32 Å². The summed E-state index contributed by atoms with van der Waals surface area (Å²) in [4.78, 5) is 26.2. The third-order valence-electron chi connectivity index (χ3n) is 3.34. The van der Waals surface area contributed by atoms with E-state index >= 15 is 0 Å². The highest BCUT2D eigenvalue weighted by molar-refractivity contribution is 14.1. The summed E-state index contributed by atoms with van der Waals surface area (Å²) in [7, 11) is 0. The summed E-state index contributed by atoms with van der Waals surface area (Å²) in [5.74, 6) is -0.293. The van der Waals surface area contributed by atoms with Crippen molar-refractivity contribution in [1.82, 2.24) is 4.90 Å². The van der Waals surface area contributed by atoms with Crippen molar-refractivity contribution in [3.63, 3.8) is 0 Å². The summed E-state index contributed by atoms with van der Waals surface area (Å²) in [6.45, 7) is 0.142. The number of nitrogens with one attached hydrogen (secondary N) is 1. The summed E-state index contributed by atoms with van der Waals surface area (Å²) in [6, 6.07) is 14.8.